The van der Waals surface area contributed by atoms with Gasteiger partial charge in [-0.3, -0.25) is 4.99 Å². The van der Waals surface area contributed by atoms with Crippen molar-refractivity contribution in [1.29, 1.82) is 0 Å². The molecule has 19 heavy (non-hydrogen) atoms. The minimum atomic E-state index is -0.477. The molecule has 1 aliphatic rings. The summed E-state index contributed by atoms with van der Waals surface area (Å²) in [7, 11) is 0. The summed E-state index contributed by atoms with van der Waals surface area (Å²) in [5.41, 5.74) is 2.84. The third-order valence-electron chi connectivity index (χ3n) is 3.48. The van der Waals surface area contributed by atoms with Gasteiger partial charge in [0.25, 0.3) is 0 Å². The first kappa shape index (κ1) is 14.3. The van der Waals surface area contributed by atoms with Crippen molar-refractivity contribution in [3.05, 3.63) is 34.6 Å². The first-order chi connectivity index (χ1) is 9.22. The molecule has 0 unspecified atom stereocenters. The lowest BCUT2D eigenvalue weighted by Gasteiger charge is -2.13. The molecule has 0 radical (unpaired) electrons. The second kappa shape index (κ2) is 6.87. The van der Waals surface area contributed by atoms with E-state index in [1.54, 1.807) is 12.1 Å². The standard InChI is InChI=1S/C14H19ClFN3/c15-12-9-5-8-11(13(12)16)14(19-17)18-10-6-3-1-2-4-7-10/h5,8-10H,1-4,6-7,17H2,(H,18,19). The Labute approximate surface area is 118 Å². The van der Waals surface area contributed by atoms with Crippen LogP contribution in [-0.2, 0) is 0 Å². The van der Waals surface area contributed by atoms with Gasteiger partial charge >= 0.3 is 0 Å². The monoisotopic (exact) mass is 283 g/mol. The fourth-order valence-corrected chi connectivity index (χ4v) is 2.62. The number of aliphatic imine (C=N–C) groups is 1. The van der Waals surface area contributed by atoms with Crippen LogP contribution in [0.15, 0.2) is 23.2 Å². The van der Waals surface area contributed by atoms with Crippen LogP contribution in [0.4, 0.5) is 4.39 Å². The maximum Gasteiger partial charge on any atom is 0.152 e. The zero-order chi connectivity index (χ0) is 13.7. The molecule has 0 aliphatic heterocycles. The van der Waals surface area contributed by atoms with Crippen LogP contribution in [0, 0.1) is 5.82 Å². The number of hydrogen-bond acceptors (Lipinski definition) is 2. The molecule has 3 N–H and O–H groups in total. The molecule has 1 aliphatic carbocycles. The molecule has 0 spiro atoms. The van der Waals surface area contributed by atoms with Crippen LogP contribution in [-0.4, -0.2) is 11.9 Å². The lowest BCUT2D eigenvalue weighted by atomic mass is 10.1. The highest BCUT2D eigenvalue weighted by Gasteiger charge is 2.15. The van der Waals surface area contributed by atoms with Crippen molar-refractivity contribution in [2.45, 2.75) is 44.6 Å². The van der Waals surface area contributed by atoms with E-state index in [4.69, 9.17) is 17.4 Å². The SMILES string of the molecule is NNC(=NC1CCCCCC1)c1cccc(Cl)c1F. The Morgan fingerprint density at radius 1 is 1.26 bits per heavy atom. The van der Waals surface area contributed by atoms with Crippen molar-refractivity contribution in [3.63, 3.8) is 0 Å². The zero-order valence-electron chi connectivity index (χ0n) is 10.8. The van der Waals surface area contributed by atoms with Gasteiger partial charge in [0.2, 0.25) is 0 Å². The Balaban J connectivity index is 2.25. The topological polar surface area (TPSA) is 50.4 Å². The Kier molecular flexibility index (Phi) is 5.16. The van der Waals surface area contributed by atoms with Gasteiger partial charge in [-0.25, -0.2) is 10.2 Å². The minimum absolute atomic E-state index is 0.0846. The van der Waals surface area contributed by atoms with E-state index >= 15 is 0 Å². The van der Waals surface area contributed by atoms with E-state index in [1.165, 1.54) is 31.7 Å². The fraction of sp³-hybridized carbons (Fsp3) is 0.500. The molecule has 1 aromatic rings. The molecule has 0 aromatic heterocycles. The summed E-state index contributed by atoms with van der Waals surface area (Å²) in [4.78, 5) is 4.57. The number of benzene rings is 1. The van der Waals surface area contributed by atoms with E-state index in [9.17, 15) is 4.39 Å². The first-order valence-corrected chi connectivity index (χ1v) is 7.09. The van der Waals surface area contributed by atoms with Gasteiger partial charge in [0.05, 0.1) is 16.6 Å². The zero-order valence-corrected chi connectivity index (χ0v) is 11.6. The maximum absolute atomic E-state index is 14.0. The number of nitrogens with zero attached hydrogens (tertiary/aromatic N) is 1. The molecular formula is C14H19ClFN3. The number of amidine groups is 1. The Bertz CT molecular complexity index is 454. The fourth-order valence-electron chi connectivity index (χ4n) is 2.44. The van der Waals surface area contributed by atoms with Crippen molar-refractivity contribution >= 4 is 17.4 Å². The molecule has 104 valence electrons. The number of rotatable bonds is 2. The lowest BCUT2D eigenvalue weighted by Crippen LogP contribution is -2.33. The molecule has 5 heteroatoms. The van der Waals surface area contributed by atoms with Crippen molar-refractivity contribution in [1.82, 2.24) is 5.43 Å². The lowest BCUT2D eigenvalue weighted by molar-refractivity contribution is 0.581. The van der Waals surface area contributed by atoms with Crippen LogP contribution in [0.3, 0.4) is 0 Å². The third kappa shape index (κ3) is 3.67. The van der Waals surface area contributed by atoms with Crippen LogP contribution in [0.1, 0.15) is 44.1 Å². The van der Waals surface area contributed by atoms with Gasteiger partial charge in [-0.1, -0.05) is 43.4 Å². The van der Waals surface area contributed by atoms with Gasteiger partial charge in [0.1, 0.15) is 5.84 Å². The summed E-state index contributed by atoms with van der Waals surface area (Å²) in [6.45, 7) is 0. The summed E-state index contributed by atoms with van der Waals surface area (Å²) < 4.78 is 14.0. The van der Waals surface area contributed by atoms with Crippen molar-refractivity contribution in [2.24, 2.45) is 10.8 Å². The predicted octanol–water partition coefficient (Wildman–Crippen LogP) is 3.41. The summed E-state index contributed by atoms with van der Waals surface area (Å²) in [5, 5.41) is 0.0846. The molecule has 1 aromatic carbocycles. The molecule has 2 rings (SSSR count). The van der Waals surface area contributed by atoms with Gasteiger partial charge in [0, 0.05) is 0 Å². The number of nitrogens with one attached hydrogen (secondary N) is 1. The van der Waals surface area contributed by atoms with Crippen LogP contribution < -0.4 is 11.3 Å². The number of nitrogens with two attached hydrogens (primary N) is 1. The van der Waals surface area contributed by atoms with Gasteiger partial charge in [-0.15, -0.1) is 0 Å². The molecule has 0 heterocycles. The van der Waals surface area contributed by atoms with Crippen LogP contribution in [0.5, 0.6) is 0 Å². The normalized spacial score (nSPS) is 18.2. The smallest absolute Gasteiger partial charge is 0.152 e. The second-order valence-electron chi connectivity index (χ2n) is 4.87. The van der Waals surface area contributed by atoms with Gasteiger partial charge in [0.15, 0.2) is 5.82 Å². The first-order valence-electron chi connectivity index (χ1n) is 6.71. The molecule has 0 saturated heterocycles. The third-order valence-corrected chi connectivity index (χ3v) is 3.77. The van der Waals surface area contributed by atoms with E-state index in [2.05, 4.69) is 10.4 Å². The summed E-state index contributed by atoms with van der Waals surface area (Å²) in [6.07, 6.45) is 6.92. The van der Waals surface area contributed by atoms with Crippen molar-refractivity contribution in [2.75, 3.05) is 0 Å². The summed E-state index contributed by atoms with van der Waals surface area (Å²) >= 11 is 5.79. The van der Waals surface area contributed by atoms with Crippen LogP contribution in [0.2, 0.25) is 5.02 Å². The largest absolute Gasteiger partial charge is 0.308 e. The van der Waals surface area contributed by atoms with Crippen LogP contribution >= 0.6 is 11.6 Å². The van der Waals surface area contributed by atoms with E-state index in [0.29, 0.717) is 11.4 Å². The van der Waals surface area contributed by atoms with Crippen LogP contribution in [0.25, 0.3) is 0 Å². The average Bonchev–Trinajstić information content (AvgIpc) is 2.68. The highest BCUT2D eigenvalue weighted by atomic mass is 35.5. The molecule has 0 amide bonds. The molecule has 3 nitrogen and oxygen atoms in total. The van der Waals surface area contributed by atoms with Gasteiger partial charge in [-0.2, -0.15) is 0 Å². The van der Waals surface area contributed by atoms with Crippen molar-refractivity contribution in [3.8, 4) is 0 Å². The second-order valence-corrected chi connectivity index (χ2v) is 5.28. The number of halogens is 2. The molecular weight excluding hydrogens is 265 g/mol. The van der Waals surface area contributed by atoms with Crippen molar-refractivity contribution < 1.29 is 4.39 Å². The Morgan fingerprint density at radius 3 is 2.58 bits per heavy atom. The number of hydrogen-bond donors (Lipinski definition) is 2. The predicted molar refractivity (Wildman–Crippen MR) is 76.8 cm³/mol. The van der Waals surface area contributed by atoms with Gasteiger partial charge < -0.3 is 5.43 Å². The van der Waals surface area contributed by atoms with E-state index in [-0.39, 0.29) is 11.1 Å². The van der Waals surface area contributed by atoms with Gasteiger partial charge in [-0.05, 0) is 25.0 Å². The molecule has 0 bridgehead atoms. The maximum atomic E-state index is 14.0. The molecule has 0 atom stereocenters. The highest BCUT2D eigenvalue weighted by Crippen LogP contribution is 2.22. The quantitative estimate of drug-likeness (QED) is 0.287. The Hall–Kier alpha value is -1.13. The Morgan fingerprint density at radius 2 is 1.95 bits per heavy atom. The number of hydrazine groups is 1. The summed E-state index contributed by atoms with van der Waals surface area (Å²) in [5.74, 6) is 5.39. The summed E-state index contributed by atoms with van der Waals surface area (Å²) in [6, 6.07) is 5.06. The van der Waals surface area contributed by atoms with E-state index in [0.717, 1.165) is 12.8 Å². The highest BCUT2D eigenvalue weighted by molar-refractivity contribution is 6.31. The molecule has 1 saturated carbocycles. The average molecular weight is 284 g/mol. The van der Waals surface area contributed by atoms with E-state index < -0.39 is 5.82 Å². The molecule has 1 fully saturated rings. The van der Waals surface area contributed by atoms with E-state index in [1.807, 2.05) is 0 Å². The minimum Gasteiger partial charge on any atom is -0.308 e.